The molecule has 0 aromatic heterocycles. The lowest BCUT2D eigenvalue weighted by molar-refractivity contribution is -0.136. The number of carbonyl (C=O) groups is 2. The van der Waals surface area contributed by atoms with Crippen LogP contribution in [0.15, 0.2) is 47.4 Å². The number of piperidine rings is 1. The normalized spacial score (nSPS) is 17.7. The first-order valence-electron chi connectivity index (χ1n) is 12.5. The highest BCUT2D eigenvalue weighted by atomic mass is 32.2. The number of sulfonamides is 1. The smallest absolute Gasteiger partial charge is 0.261 e. The summed E-state index contributed by atoms with van der Waals surface area (Å²) in [6, 6.07) is 11.5. The van der Waals surface area contributed by atoms with Gasteiger partial charge in [-0.15, -0.1) is 0 Å². The Balaban J connectivity index is 1.35. The molecule has 2 aromatic carbocycles. The van der Waals surface area contributed by atoms with Crippen LogP contribution in [0.3, 0.4) is 0 Å². The minimum atomic E-state index is -3.76. The Morgan fingerprint density at radius 1 is 0.800 bits per heavy atom. The number of likely N-dealkylation sites (tertiary alicyclic amines) is 2. The van der Waals surface area contributed by atoms with E-state index >= 15 is 0 Å². The lowest BCUT2D eigenvalue weighted by Gasteiger charge is -2.34. The summed E-state index contributed by atoms with van der Waals surface area (Å²) in [7, 11) is -3.76. The fraction of sp³-hybridized carbons (Fsp3) is 0.481. The third kappa shape index (κ3) is 6.04. The molecule has 2 amide bonds. The summed E-state index contributed by atoms with van der Waals surface area (Å²) in [5.74, 6) is 0.0997. The third-order valence-corrected chi connectivity index (χ3v) is 8.62. The van der Waals surface area contributed by atoms with Gasteiger partial charge in [0, 0.05) is 43.3 Å². The lowest BCUT2D eigenvalue weighted by atomic mass is 9.94. The highest BCUT2D eigenvalue weighted by Crippen LogP contribution is 2.24. The molecule has 2 saturated heterocycles. The standard InChI is InChI=1S/C27H35N3O4S/c1-20-7-10-24(19-21(20)2)28-35(33,34)25-11-8-22(9-12-25)26(31)30-17-13-23(14-18-30)27(32)29-15-5-3-4-6-16-29/h7-12,19,23,28H,3-6,13-18H2,1-2H3. The van der Waals surface area contributed by atoms with Crippen LogP contribution in [0.2, 0.25) is 0 Å². The van der Waals surface area contributed by atoms with Crippen molar-refractivity contribution in [1.82, 2.24) is 9.80 Å². The van der Waals surface area contributed by atoms with E-state index in [-0.39, 0.29) is 22.6 Å². The zero-order valence-corrected chi connectivity index (χ0v) is 21.4. The molecule has 2 aliphatic heterocycles. The number of amides is 2. The molecule has 2 aromatic rings. The second kappa shape index (κ2) is 10.8. The summed E-state index contributed by atoms with van der Waals surface area (Å²) in [6.45, 7) is 6.69. The molecule has 0 bridgehead atoms. The molecule has 8 heteroatoms. The first-order chi connectivity index (χ1) is 16.7. The van der Waals surface area contributed by atoms with Gasteiger partial charge in [0.15, 0.2) is 0 Å². The molecule has 0 saturated carbocycles. The number of nitrogens with one attached hydrogen (secondary N) is 1. The van der Waals surface area contributed by atoms with Crippen molar-refractivity contribution in [2.75, 3.05) is 30.9 Å². The Bertz CT molecular complexity index is 1160. The monoisotopic (exact) mass is 497 g/mol. The van der Waals surface area contributed by atoms with E-state index in [2.05, 4.69) is 4.72 Å². The van der Waals surface area contributed by atoms with Crippen LogP contribution in [0.5, 0.6) is 0 Å². The van der Waals surface area contributed by atoms with Gasteiger partial charge >= 0.3 is 0 Å². The predicted molar refractivity (Wildman–Crippen MR) is 137 cm³/mol. The summed E-state index contributed by atoms with van der Waals surface area (Å²) < 4.78 is 28.2. The Hall–Kier alpha value is -2.87. The van der Waals surface area contributed by atoms with Gasteiger partial charge in [0.05, 0.1) is 4.90 Å². The van der Waals surface area contributed by atoms with Gasteiger partial charge in [0.2, 0.25) is 5.91 Å². The van der Waals surface area contributed by atoms with Crippen LogP contribution in [0.4, 0.5) is 5.69 Å². The molecule has 0 unspecified atom stereocenters. The number of anilines is 1. The molecule has 0 radical (unpaired) electrons. The zero-order chi connectivity index (χ0) is 25.0. The van der Waals surface area contributed by atoms with E-state index < -0.39 is 10.0 Å². The minimum Gasteiger partial charge on any atom is -0.342 e. The number of nitrogens with zero attached hydrogens (tertiary/aromatic N) is 2. The molecule has 188 valence electrons. The van der Waals surface area contributed by atoms with Crippen LogP contribution in [-0.2, 0) is 14.8 Å². The molecule has 0 atom stereocenters. The summed E-state index contributed by atoms with van der Waals surface area (Å²) in [5.41, 5.74) is 3.05. The molecule has 0 spiro atoms. The molecule has 2 heterocycles. The molecule has 2 fully saturated rings. The lowest BCUT2D eigenvalue weighted by Crippen LogP contribution is -2.44. The van der Waals surface area contributed by atoms with Crippen molar-refractivity contribution in [3.63, 3.8) is 0 Å². The van der Waals surface area contributed by atoms with Gasteiger partial charge in [-0.2, -0.15) is 0 Å². The van der Waals surface area contributed by atoms with E-state index in [1.54, 1.807) is 29.2 Å². The Morgan fingerprint density at radius 2 is 1.43 bits per heavy atom. The first-order valence-corrected chi connectivity index (χ1v) is 14.0. The summed E-state index contributed by atoms with van der Waals surface area (Å²) >= 11 is 0. The van der Waals surface area contributed by atoms with Crippen molar-refractivity contribution in [3.8, 4) is 0 Å². The van der Waals surface area contributed by atoms with E-state index in [4.69, 9.17) is 0 Å². The van der Waals surface area contributed by atoms with Gasteiger partial charge in [0.1, 0.15) is 0 Å². The SMILES string of the molecule is Cc1ccc(NS(=O)(=O)c2ccc(C(=O)N3CCC(C(=O)N4CCCCCC4)CC3)cc2)cc1C. The molecule has 1 N–H and O–H groups in total. The van der Waals surface area contributed by atoms with Crippen LogP contribution in [0.25, 0.3) is 0 Å². The zero-order valence-electron chi connectivity index (χ0n) is 20.6. The molecule has 2 aliphatic rings. The highest BCUT2D eigenvalue weighted by molar-refractivity contribution is 7.92. The Morgan fingerprint density at radius 3 is 2.03 bits per heavy atom. The molecular weight excluding hydrogens is 462 g/mol. The molecule has 7 nitrogen and oxygen atoms in total. The fourth-order valence-corrected chi connectivity index (χ4v) is 5.91. The largest absolute Gasteiger partial charge is 0.342 e. The summed E-state index contributed by atoms with van der Waals surface area (Å²) in [4.78, 5) is 29.8. The van der Waals surface area contributed by atoms with Crippen molar-refractivity contribution in [3.05, 3.63) is 59.2 Å². The van der Waals surface area contributed by atoms with E-state index in [1.807, 2.05) is 24.8 Å². The Kier molecular flexibility index (Phi) is 7.79. The second-order valence-electron chi connectivity index (χ2n) is 9.73. The average molecular weight is 498 g/mol. The molecule has 0 aliphatic carbocycles. The number of aryl methyl sites for hydroxylation is 2. The van der Waals surface area contributed by atoms with E-state index in [9.17, 15) is 18.0 Å². The maximum atomic E-state index is 13.0. The topological polar surface area (TPSA) is 86.8 Å². The van der Waals surface area contributed by atoms with E-state index in [0.717, 1.165) is 37.1 Å². The van der Waals surface area contributed by atoms with Crippen molar-refractivity contribution in [2.24, 2.45) is 5.92 Å². The van der Waals surface area contributed by atoms with Gasteiger partial charge in [-0.1, -0.05) is 18.9 Å². The van der Waals surface area contributed by atoms with E-state index in [0.29, 0.717) is 37.2 Å². The van der Waals surface area contributed by atoms with Crippen LogP contribution < -0.4 is 4.72 Å². The van der Waals surface area contributed by atoms with Crippen LogP contribution >= 0.6 is 0 Å². The van der Waals surface area contributed by atoms with Crippen LogP contribution in [0.1, 0.15) is 60.0 Å². The third-order valence-electron chi connectivity index (χ3n) is 7.22. The summed E-state index contributed by atoms with van der Waals surface area (Å²) in [5, 5.41) is 0. The number of hydrogen-bond donors (Lipinski definition) is 1. The van der Waals surface area contributed by atoms with E-state index in [1.165, 1.54) is 25.0 Å². The van der Waals surface area contributed by atoms with Gasteiger partial charge in [-0.25, -0.2) is 8.42 Å². The van der Waals surface area contributed by atoms with Gasteiger partial charge in [0.25, 0.3) is 15.9 Å². The molecule has 4 rings (SSSR count). The highest BCUT2D eigenvalue weighted by Gasteiger charge is 2.31. The van der Waals surface area contributed by atoms with Crippen molar-refractivity contribution in [1.29, 1.82) is 0 Å². The molecule has 35 heavy (non-hydrogen) atoms. The van der Waals surface area contributed by atoms with Gasteiger partial charge in [-0.3, -0.25) is 14.3 Å². The van der Waals surface area contributed by atoms with Crippen molar-refractivity contribution < 1.29 is 18.0 Å². The fourth-order valence-electron chi connectivity index (χ4n) is 4.86. The van der Waals surface area contributed by atoms with Gasteiger partial charge in [-0.05, 0) is 87.1 Å². The average Bonchev–Trinajstić information content (AvgIpc) is 3.15. The van der Waals surface area contributed by atoms with Gasteiger partial charge < -0.3 is 9.80 Å². The first kappa shape index (κ1) is 25.2. The Labute approximate surface area is 208 Å². The quantitative estimate of drug-likeness (QED) is 0.665. The molecular formula is C27H35N3O4S. The minimum absolute atomic E-state index is 0.0128. The predicted octanol–water partition coefficient (Wildman–Crippen LogP) is 4.36. The van der Waals surface area contributed by atoms with Crippen molar-refractivity contribution >= 4 is 27.5 Å². The van der Waals surface area contributed by atoms with Crippen LogP contribution in [-0.4, -0.2) is 56.2 Å². The number of hydrogen-bond acceptors (Lipinski definition) is 4. The van der Waals surface area contributed by atoms with Crippen molar-refractivity contribution in [2.45, 2.75) is 57.3 Å². The maximum Gasteiger partial charge on any atom is 0.261 e. The summed E-state index contributed by atoms with van der Waals surface area (Å²) in [6.07, 6.45) is 5.89. The van der Waals surface area contributed by atoms with Crippen LogP contribution in [0, 0.1) is 19.8 Å². The number of rotatable bonds is 5. The second-order valence-corrected chi connectivity index (χ2v) is 11.4. The number of benzene rings is 2. The number of carbonyl (C=O) groups excluding carboxylic acids is 2. The maximum absolute atomic E-state index is 13.0.